The lowest BCUT2D eigenvalue weighted by molar-refractivity contribution is -0.242. The highest BCUT2D eigenvalue weighted by atomic mass is 19.4. The molecule has 0 spiro atoms. The average molecular weight is 594 g/mol. The van der Waals surface area contributed by atoms with Gasteiger partial charge in [-0.2, -0.15) is 13.2 Å². The Hall–Kier alpha value is -2.43. The van der Waals surface area contributed by atoms with E-state index in [-0.39, 0.29) is 37.4 Å². The molecule has 0 bridgehead atoms. The van der Waals surface area contributed by atoms with Gasteiger partial charge in [-0.05, 0) is 78.4 Å². The molecule has 0 unspecified atom stereocenters. The molecule has 0 radical (unpaired) electrons. The van der Waals surface area contributed by atoms with E-state index >= 15 is 8.78 Å². The number of aliphatic hydroxyl groups excluding tert-OH is 2. The highest BCUT2D eigenvalue weighted by Crippen LogP contribution is 2.79. The minimum atomic E-state index is -4.46. The van der Waals surface area contributed by atoms with Crippen molar-refractivity contribution < 1.29 is 41.8 Å². The van der Waals surface area contributed by atoms with Crippen LogP contribution in [0.4, 0.5) is 22.0 Å². The highest BCUT2D eigenvalue weighted by molar-refractivity contribution is 6.01. The van der Waals surface area contributed by atoms with Gasteiger partial charge in [-0.25, -0.2) is 8.78 Å². The Balaban J connectivity index is 1.38. The molecule has 10 heteroatoms. The lowest BCUT2D eigenvalue weighted by Crippen LogP contribution is -2.72. The van der Waals surface area contributed by atoms with Crippen LogP contribution < -0.4 is 0 Å². The van der Waals surface area contributed by atoms with Crippen LogP contribution in [0.5, 0.6) is 0 Å². The number of ketones is 2. The van der Waals surface area contributed by atoms with Crippen molar-refractivity contribution in [3.8, 4) is 0 Å². The standard InChI is InChI=1S/C32H36F5NO4/c1-27-9-8-21(40)10-22(27)23(33)11-24-28(2)12-20-15-38(14-18-4-6-19(7-5-18)32(35,36)37)17-30(20,26(42)16-39)29(28,3)13-25(41)31(24,27)34/h4-10,20,23-25,39,41H,11-17H2,1-3H3/t20-,23-,24-,25-,27-,28-,29-,30+,31-/m0/s1. The highest BCUT2D eigenvalue weighted by Gasteiger charge is 2.81. The largest absolute Gasteiger partial charge is 0.416 e. The molecule has 9 atom stereocenters. The Bertz CT molecular complexity index is 1390. The number of fused-ring (bicyclic) bond motifs is 7. The van der Waals surface area contributed by atoms with Crippen molar-refractivity contribution in [2.75, 3.05) is 19.7 Å². The number of Topliss-reactive ketones (excluding diaryl/α,β-unsaturated/α-hetero) is 1. The lowest BCUT2D eigenvalue weighted by atomic mass is 9.38. The summed E-state index contributed by atoms with van der Waals surface area (Å²) >= 11 is 0. The molecule has 1 saturated heterocycles. The first-order chi connectivity index (χ1) is 19.5. The monoisotopic (exact) mass is 593 g/mol. The van der Waals surface area contributed by atoms with E-state index in [2.05, 4.69) is 0 Å². The van der Waals surface area contributed by atoms with Gasteiger partial charge >= 0.3 is 6.18 Å². The van der Waals surface area contributed by atoms with Gasteiger partial charge in [0, 0.05) is 31.0 Å². The number of carbonyl (C=O) groups is 2. The maximum Gasteiger partial charge on any atom is 0.416 e. The van der Waals surface area contributed by atoms with Crippen molar-refractivity contribution in [2.45, 2.75) is 70.7 Å². The van der Waals surface area contributed by atoms with Crippen molar-refractivity contribution in [2.24, 2.45) is 33.5 Å². The van der Waals surface area contributed by atoms with Crippen LogP contribution in [0.15, 0.2) is 48.1 Å². The zero-order valence-electron chi connectivity index (χ0n) is 23.8. The molecule has 1 heterocycles. The molecule has 42 heavy (non-hydrogen) atoms. The number of rotatable bonds is 4. The summed E-state index contributed by atoms with van der Waals surface area (Å²) in [4.78, 5) is 27.9. The fourth-order valence-corrected chi connectivity index (χ4v) is 10.2. The molecular formula is C32H36F5NO4. The zero-order chi connectivity index (χ0) is 30.7. The Morgan fingerprint density at radius 3 is 2.40 bits per heavy atom. The number of carbonyl (C=O) groups excluding carboxylic acids is 2. The first-order valence-corrected chi connectivity index (χ1v) is 14.5. The van der Waals surface area contributed by atoms with E-state index in [1.807, 2.05) is 18.7 Å². The van der Waals surface area contributed by atoms with E-state index in [0.29, 0.717) is 18.5 Å². The van der Waals surface area contributed by atoms with Crippen molar-refractivity contribution in [1.82, 2.24) is 4.90 Å². The molecule has 2 N–H and O–H groups in total. The normalized spacial score (nSPS) is 44.7. The summed E-state index contributed by atoms with van der Waals surface area (Å²) in [7, 11) is 0. The number of likely N-dealkylation sites (tertiary alicyclic amines) is 1. The summed E-state index contributed by atoms with van der Waals surface area (Å²) < 4.78 is 72.8. The molecule has 5 aliphatic rings. The lowest BCUT2D eigenvalue weighted by Gasteiger charge is -2.67. The van der Waals surface area contributed by atoms with Gasteiger partial charge in [0.25, 0.3) is 0 Å². The third kappa shape index (κ3) is 3.51. The third-order valence-electron chi connectivity index (χ3n) is 12.3. The molecular weight excluding hydrogens is 557 g/mol. The first-order valence-electron chi connectivity index (χ1n) is 14.5. The molecule has 4 fully saturated rings. The fourth-order valence-electron chi connectivity index (χ4n) is 10.2. The number of hydrogen-bond acceptors (Lipinski definition) is 5. The van der Waals surface area contributed by atoms with E-state index in [1.54, 1.807) is 0 Å². The number of hydrogen-bond donors (Lipinski definition) is 2. The first kappa shape index (κ1) is 29.6. The van der Waals surface area contributed by atoms with Crippen LogP contribution in [-0.2, 0) is 22.3 Å². The number of halogens is 5. The number of benzene rings is 1. The summed E-state index contributed by atoms with van der Waals surface area (Å²) in [5, 5.41) is 21.9. The van der Waals surface area contributed by atoms with Crippen LogP contribution in [0.1, 0.15) is 51.2 Å². The number of allylic oxidation sites excluding steroid dienone is 4. The topological polar surface area (TPSA) is 77.8 Å². The maximum atomic E-state index is 17.7. The molecule has 1 aliphatic heterocycles. The molecule has 5 nitrogen and oxygen atoms in total. The van der Waals surface area contributed by atoms with Gasteiger partial charge in [-0.1, -0.05) is 32.1 Å². The summed E-state index contributed by atoms with van der Waals surface area (Å²) in [6, 6.07) is 4.85. The van der Waals surface area contributed by atoms with Gasteiger partial charge in [-0.3, -0.25) is 14.5 Å². The summed E-state index contributed by atoms with van der Waals surface area (Å²) in [5.74, 6) is -2.17. The van der Waals surface area contributed by atoms with Crippen LogP contribution in [0.25, 0.3) is 0 Å². The Labute approximate surface area is 241 Å². The average Bonchev–Trinajstić information content (AvgIpc) is 3.36. The van der Waals surface area contributed by atoms with Crippen molar-refractivity contribution in [3.63, 3.8) is 0 Å². The zero-order valence-corrected chi connectivity index (χ0v) is 23.8. The Morgan fingerprint density at radius 2 is 1.79 bits per heavy atom. The van der Waals surface area contributed by atoms with Gasteiger partial charge in [0.05, 0.1) is 17.1 Å². The molecule has 0 amide bonds. The van der Waals surface area contributed by atoms with Crippen LogP contribution in [0, 0.1) is 33.5 Å². The van der Waals surface area contributed by atoms with E-state index in [1.165, 1.54) is 31.2 Å². The third-order valence-corrected chi connectivity index (χ3v) is 12.3. The molecule has 6 rings (SSSR count). The number of aliphatic hydroxyl groups is 2. The Kier molecular flexibility index (Phi) is 6.38. The molecule has 3 saturated carbocycles. The molecule has 228 valence electrons. The molecule has 4 aliphatic carbocycles. The second-order valence-electron chi connectivity index (χ2n) is 13.8. The maximum absolute atomic E-state index is 17.7. The van der Waals surface area contributed by atoms with Crippen molar-refractivity contribution in [3.05, 3.63) is 59.2 Å². The van der Waals surface area contributed by atoms with Crippen molar-refractivity contribution in [1.29, 1.82) is 0 Å². The van der Waals surface area contributed by atoms with E-state index in [0.717, 1.165) is 18.2 Å². The summed E-state index contributed by atoms with van der Waals surface area (Å²) in [6.07, 6.45) is -3.88. The van der Waals surface area contributed by atoms with Gasteiger partial charge in [-0.15, -0.1) is 0 Å². The van der Waals surface area contributed by atoms with Crippen LogP contribution >= 0.6 is 0 Å². The van der Waals surface area contributed by atoms with E-state index < -0.39 is 75.4 Å². The van der Waals surface area contributed by atoms with Crippen LogP contribution in [-0.4, -0.2) is 64.3 Å². The number of alkyl halides is 5. The second-order valence-corrected chi connectivity index (χ2v) is 13.8. The summed E-state index contributed by atoms with van der Waals surface area (Å²) in [6.45, 7) is 5.36. The van der Waals surface area contributed by atoms with Crippen molar-refractivity contribution >= 4 is 11.6 Å². The van der Waals surface area contributed by atoms with E-state index in [9.17, 15) is 33.0 Å². The quantitative estimate of drug-likeness (QED) is 0.481. The van der Waals surface area contributed by atoms with E-state index in [4.69, 9.17) is 0 Å². The fraction of sp³-hybridized carbons (Fsp3) is 0.625. The van der Waals surface area contributed by atoms with Gasteiger partial charge in [0.2, 0.25) is 0 Å². The minimum absolute atomic E-state index is 0.0297. The number of nitrogens with zero attached hydrogens (tertiary/aromatic N) is 1. The molecule has 1 aromatic carbocycles. The molecule has 0 aromatic heterocycles. The summed E-state index contributed by atoms with van der Waals surface area (Å²) in [5.41, 5.74) is -7.08. The minimum Gasteiger partial charge on any atom is -0.390 e. The molecule has 1 aromatic rings. The van der Waals surface area contributed by atoms with Gasteiger partial charge in [0.15, 0.2) is 17.2 Å². The van der Waals surface area contributed by atoms with Gasteiger partial charge < -0.3 is 10.2 Å². The predicted octanol–water partition coefficient (Wildman–Crippen LogP) is 5.00. The van der Waals surface area contributed by atoms with Crippen LogP contribution in [0.2, 0.25) is 0 Å². The SMILES string of the molecule is C[C@]12C[C@H](O)[C@@]3(F)[C@@H](C[C@H](F)C4=CC(=O)C=C[C@@]43C)[C@]1(C)C[C@H]1CN(Cc3ccc(C(F)(F)F)cc3)C[C@]12C(=O)CO. The Morgan fingerprint density at radius 1 is 1.12 bits per heavy atom. The predicted molar refractivity (Wildman–Crippen MR) is 143 cm³/mol. The second kappa shape index (κ2) is 9.05. The van der Waals surface area contributed by atoms with Gasteiger partial charge in [0.1, 0.15) is 12.8 Å². The smallest absolute Gasteiger partial charge is 0.390 e. The van der Waals surface area contributed by atoms with Crippen LogP contribution in [0.3, 0.4) is 0 Å².